The molecule has 10 heteroatoms. The number of amides is 2. The Morgan fingerprint density at radius 3 is 1.45 bits per heavy atom. The van der Waals surface area contributed by atoms with E-state index < -0.39 is 11.8 Å². The third kappa shape index (κ3) is 14.2. The van der Waals surface area contributed by atoms with Crippen LogP contribution in [0.2, 0.25) is 0 Å². The van der Waals surface area contributed by atoms with Gasteiger partial charge in [-0.15, -0.1) is 0 Å². The van der Waals surface area contributed by atoms with Gasteiger partial charge in [-0.2, -0.15) is 0 Å². The molecule has 4 N–H and O–H groups in total. The summed E-state index contributed by atoms with van der Waals surface area (Å²) in [6.45, 7) is 10.7. The lowest BCUT2D eigenvalue weighted by Crippen LogP contribution is -2.29. The SMILES string of the molecule is CC(C)CN(CCc1ccc(Oc2ccncc2C(N)=O)cc1)Cc1ccccc1.NC(=O)c1cnccc1Oc1ccc(CCN(Cc2ccccc2)CC2CC2)cc1. The topological polar surface area (TPSA) is 137 Å². The number of ether oxygens (including phenoxy) is 2. The third-order valence-electron chi connectivity index (χ3n) is 10.2. The lowest BCUT2D eigenvalue weighted by atomic mass is 10.1. The molecule has 10 nitrogen and oxygen atoms in total. The van der Waals surface area contributed by atoms with Gasteiger partial charge < -0.3 is 20.9 Å². The van der Waals surface area contributed by atoms with Gasteiger partial charge in [0.25, 0.3) is 11.8 Å². The minimum Gasteiger partial charge on any atom is -0.456 e. The van der Waals surface area contributed by atoms with Gasteiger partial charge in [0.05, 0.1) is 0 Å². The normalized spacial score (nSPS) is 12.2. The Hall–Kier alpha value is -6.36. The summed E-state index contributed by atoms with van der Waals surface area (Å²) in [5.74, 6) is 2.54. The van der Waals surface area contributed by atoms with Crippen molar-refractivity contribution in [2.75, 3.05) is 26.2 Å². The van der Waals surface area contributed by atoms with Gasteiger partial charge in [0, 0.05) is 64.1 Å². The van der Waals surface area contributed by atoms with Gasteiger partial charge in [-0.05, 0) is 96.2 Å². The average Bonchev–Trinajstić information content (AvgIpc) is 4.08. The average molecular weight is 805 g/mol. The smallest absolute Gasteiger partial charge is 0.254 e. The van der Waals surface area contributed by atoms with E-state index in [1.807, 2.05) is 24.3 Å². The molecule has 0 aliphatic heterocycles. The summed E-state index contributed by atoms with van der Waals surface area (Å²) in [5, 5.41) is 0. The standard InChI is InChI=1S/C25H27N3O2.C25H29N3O2/c26-25(29)23-16-27-14-12-24(23)30-22-10-8-19(9-11-22)13-15-28(18-21-6-7-21)17-20-4-2-1-3-5-20;1-19(2)17-28(18-21-6-4-3-5-7-21)15-13-20-8-10-22(11-9-20)30-24-12-14-27-16-23(24)25(26)29/h1-5,8-12,14,16,21H,6-7,13,15,17-18H2,(H2,26,29);3-12,14,16,19H,13,15,17-18H2,1-2H3,(H2,26,29). The first kappa shape index (κ1) is 43.2. The maximum Gasteiger partial charge on any atom is 0.254 e. The Bertz CT molecular complexity index is 2080. The summed E-state index contributed by atoms with van der Waals surface area (Å²) in [5.41, 5.74) is 16.5. The van der Waals surface area contributed by atoms with Crippen LogP contribution < -0.4 is 20.9 Å². The number of primary amides is 2. The lowest BCUT2D eigenvalue weighted by molar-refractivity contribution is 0.0989. The van der Waals surface area contributed by atoms with E-state index in [-0.39, 0.29) is 11.1 Å². The fourth-order valence-corrected chi connectivity index (χ4v) is 6.92. The van der Waals surface area contributed by atoms with Crippen LogP contribution >= 0.6 is 0 Å². The molecule has 0 spiro atoms. The predicted octanol–water partition coefficient (Wildman–Crippen LogP) is 9.10. The zero-order valence-corrected chi connectivity index (χ0v) is 34.7. The highest BCUT2D eigenvalue weighted by molar-refractivity contribution is 5.95. The van der Waals surface area contributed by atoms with Crippen molar-refractivity contribution >= 4 is 11.8 Å². The molecule has 2 amide bonds. The monoisotopic (exact) mass is 804 g/mol. The van der Waals surface area contributed by atoms with Gasteiger partial charge in [0.2, 0.25) is 0 Å². The molecule has 0 atom stereocenters. The van der Waals surface area contributed by atoms with E-state index in [4.69, 9.17) is 20.9 Å². The van der Waals surface area contributed by atoms with E-state index in [9.17, 15) is 9.59 Å². The van der Waals surface area contributed by atoms with Crippen LogP contribution in [0.25, 0.3) is 0 Å². The molecule has 4 aromatic carbocycles. The molecular weight excluding hydrogens is 749 g/mol. The number of nitrogens with zero attached hydrogens (tertiary/aromatic N) is 4. The highest BCUT2D eigenvalue weighted by Crippen LogP contribution is 2.31. The number of carbonyl (C=O) groups excluding carboxylic acids is 2. The second-order valence-corrected chi connectivity index (χ2v) is 15.7. The summed E-state index contributed by atoms with van der Waals surface area (Å²) in [7, 11) is 0. The zero-order chi connectivity index (χ0) is 42.1. The number of hydrogen-bond acceptors (Lipinski definition) is 8. The second kappa shape index (κ2) is 22.1. The molecule has 2 heterocycles. The first-order valence-electron chi connectivity index (χ1n) is 20.7. The van der Waals surface area contributed by atoms with Crippen molar-refractivity contribution in [2.24, 2.45) is 23.3 Å². The van der Waals surface area contributed by atoms with Gasteiger partial charge in [-0.3, -0.25) is 29.4 Å². The quantitative estimate of drug-likeness (QED) is 0.0780. The van der Waals surface area contributed by atoms with Crippen molar-refractivity contribution in [1.82, 2.24) is 19.8 Å². The van der Waals surface area contributed by atoms with Crippen molar-refractivity contribution in [2.45, 2.75) is 52.6 Å². The fraction of sp³-hybridized carbons (Fsp3) is 0.280. The van der Waals surface area contributed by atoms with E-state index in [0.717, 1.165) is 51.5 Å². The predicted molar refractivity (Wildman–Crippen MR) is 237 cm³/mol. The molecule has 7 rings (SSSR count). The van der Waals surface area contributed by atoms with Crippen molar-refractivity contribution < 1.29 is 19.1 Å². The minimum atomic E-state index is -0.557. The molecule has 0 radical (unpaired) electrons. The molecule has 6 aromatic rings. The van der Waals surface area contributed by atoms with Gasteiger partial charge >= 0.3 is 0 Å². The minimum absolute atomic E-state index is 0.270. The van der Waals surface area contributed by atoms with Crippen LogP contribution in [0, 0.1) is 11.8 Å². The molecule has 1 saturated carbocycles. The van der Waals surface area contributed by atoms with E-state index in [0.29, 0.717) is 28.9 Å². The fourth-order valence-electron chi connectivity index (χ4n) is 6.92. The summed E-state index contributed by atoms with van der Waals surface area (Å²) >= 11 is 0. The number of aromatic nitrogens is 2. The molecule has 2 aromatic heterocycles. The summed E-state index contributed by atoms with van der Waals surface area (Å²) in [4.78, 5) is 36.0. The molecule has 60 heavy (non-hydrogen) atoms. The molecule has 1 fully saturated rings. The molecular formula is C50H56N6O4. The second-order valence-electron chi connectivity index (χ2n) is 15.7. The van der Waals surface area contributed by atoms with Gasteiger partial charge in [-0.1, -0.05) is 98.8 Å². The number of rotatable bonds is 20. The summed E-state index contributed by atoms with van der Waals surface area (Å²) < 4.78 is 11.7. The number of pyridine rings is 2. The number of hydrogen-bond donors (Lipinski definition) is 2. The molecule has 0 saturated heterocycles. The molecule has 0 bridgehead atoms. The van der Waals surface area contributed by atoms with Crippen LogP contribution in [-0.4, -0.2) is 57.8 Å². The maximum atomic E-state index is 11.5. The van der Waals surface area contributed by atoms with E-state index in [1.165, 1.54) is 54.0 Å². The van der Waals surface area contributed by atoms with Crippen LogP contribution in [0.5, 0.6) is 23.0 Å². The van der Waals surface area contributed by atoms with Crippen molar-refractivity contribution in [3.05, 3.63) is 179 Å². The van der Waals surface area contributed by atoms with Crippen LogP contribution in [0.15, 0.2) is 146 Å². The van der Waals surface area contributed by atoms with Crippen molar-refractivity contribution in [3.8, 4) is 23.0 Å². The van der Waals surface area contributed by atoms with E-state index in [1.54, 1.807) is 24.5 Å². The highest BCUT2D eigenvalue weighted by Gasteiger charge is 2.24. The van der Waals surface area contributed by atoms with Crippen molar-refractivity contribution in [1.29, 1.82) is 0 Å². The first-order valence-corrected chi connectivity index (χ1v) is 20.7. The number of nitrogens with two attached hydrogens (primary N) is 2. The maximum absolute atomic E-state index is 11.5. The lowest BCUT2D eigenvalue weighted by Gasteiger charge is -2.24. The van der Waals surface area contributed by atoms with E-state index >= 15 is 0 Å². The van der Waals surface area contributed by atoms with Crippen LogP contribution in [0.1, 0.15) is 69.7 Å². The molecule has 310 valence electrons. The van der Waals surface area contributed by atoms with Crippen LogP contribution in [0.4, 0.5) is 0 Å². The Labute approximate surface area is 354 Å². The number of benzene rings is 4. The van der Waals surface area contributed by atoms with E-state index in [2.05, 4.69) is 119 Å². The molecule has 1 aliphatic carbocycles. The Morgan fingerprint density at radius 2 is 1.03 bits per heavy atom. The Balaban J connectivity index is 0.000000201. The highest BCUT2D eigenvalue weighted by atomic mass is 16.5. The van der Waals surface area contributed by atoms with Crippen LogP contribution in [-0.2, 0) is 25.9 Å². The largest absolute Gasteiger partial charge is 0.456 e. The van der Waals surface area contributed by atoms with Gasteiger partial charge in [0.15, 0.2) is 0 Å². The van der Waals surface area contributed by atoms with Gasteiger partial charge in [0.1, 0.15) is 34.1 Å². The molecule has 0 unspecified atom stereocenters. The molecule has 1 aliphatic rings. The Kier molecular flexibility index (Phi) is 15.9. The number of carbonyl (C=O) groups is 2. The summed E-state index contributed by atoms with van der Waals surface area (Å²) in [6.07, 6.45) is 10.7. The first-order chi connectivity index (χ1) is 29.2. The van der Waals surface area contributed by atoms with Crippen molar-refractivity contribution in [3.63, 3.8) is 0 Å². The Morgan fingerprint density at radius 1 is 0.600 bits per heavy atom. The third-order valence-corrected chi connectivity index (χ3v) is 10.2. The van der Waals surface area contributed by atoms with Crippen LogP contribution in [0.3, 0.4) is 0 Å². The zero-order valence-electron chi connectivity index (χ0n) is 34.7. The van der Waals surface area contributed by atoms with Gasteiger partial charge in [-0.25, -0.2) is 0 Å². The summed E-state index contributed by atoms with van der Waals surface area (Å²) in [6, 6.07) is 40.6.